The van der Waals surface area contributed by atoms with Crippen LogP contribution < -0.4 is 11.1 Å². The Hall–Kier alpha value is -2.35. The Labute approximate surface area is 116 Å². The topological polar surface area (TPSA) is 110 Å². The van der Waals surface area contributed by atoms with Crippen LogP contribution in [0.1, 0.15) is 6.42 Å². The average molecular weight is 295 g/mol. The predicted octanol–water partition coefficient (Wildman–Crippen LogP) is -0.478. The molecule has 1 aliphatic heterocycles. The summed E-state index contributed by atoms with van der Waals surface area (Å²) in [5, 5.41) is 2.36. The minimum atomic E-state index is -3.91. The lowest BCUT2D eigenvalue weighted by Gasteiger charge is -2.30. The molecule has 0 fully saturated rings. The number of hydrogen-bond acceptors (Lipinski definition) is 4. The molecule has 0 saturated carbocycles. The second-order valence-electron chi connectivity index (χ2n) is 4.16. The number of carbonyl (C=O) groups excluding carboxylic acids is 2. The third-order valence-electron chi connectivity index (χ3n) is 2.77. The molecule has 20 heavy (non-hydrogen) atoms. The van der Waals surface area contributed by atoms with Crippen LogP contribution in [0.25, 0.3) is 0 Å². The van der Waals surface area contributed by atoms with Crippen molar-refractivity contribution in [2.24, 2.45) is 5.73 Å². The minimum Gasteiger partial charge on any atom is -0.370 e. The molecule has 0 spiro atoms. The fourth-order valence-electron chi connectivity index (χ4n) is 1.84. The van der Waals surface area contributed by atoms with Crippen molar-refractivity contribution in [3.8, 4) is 0 Å². The summed E-state index contributed by atoms with van der Waals surface area (Å²) in [5.41, 5.74) is 5.07. The first-order valence-corrected chi connectivity index (χ1v) is 7.21. The maximum atomic E-state index is 12.5. The molecule has 1 aromatic rings. The highest BCUT2D eigenvalue weighted by molar-refractivity contribution is 7.89. The van der Waals surface area contributed by atoms with Crippen LogP contribution >= 0.6 is 0 Å². The third-order valence-corrected chi connectivity index (χ3v) is 4.57. The molecule has 0 aliphatic carbocycles. The van der Waals surface area contributed by atoms with Crippen LogP contribution in [0.15, 0.2) is 47.6 Å². The summed E-state index contributed by atoms with van der Waals surface area (Å²) in [6.45, 7) is 0. The molecular formula is C12H13N3O4S. The zero-order chi connectivity index (χ0) is 14.8. The summed E-state index contributed by atoms with van der Waals surface area (Å²) in [4.78, 5) is 22.8. The largest absolute Gasteiger partial charge is 0.370 e. The van der Waals surface area contributed by atoms with Gasteiger partial charge in [0, 0.05) is 12.4 Å². The summed E-state index contributed by atoms with van der Waals surface area (Å²) in [6, 6.07) is 6.47. The molecule has 0 unspecified atom stereocenters. The maximum Gasteiger partial charge on any atom is 0.264 e. The van der Waals surface area contributed by atoms with Gasteiger partial charge in [-0.05, 0) is 12.1 Å². The normalized spacial score (nSPS) is 18.7. The molecule has 1 aliphatic rings. The van der Waals surface area contributed by atoms with E-state index in [-0.39, 0.29) is 11.3 Å². The van der Waals surface area contributed by atoms with E-state index in [9.17, 15) is 18.0 Å². The first-order valence-electron chi connectivity index (χ1n) is 5.77. The van der Waals surface area contributed by atoms with Gasteiger partial charge in [0.15, 0.2) is 0 Å². The number of rotatable bonds is 4. The van der Waals surface area contributed by atoms with Gasteiger partial charge in [0.25, 0.3) is 10.0 Å². The highest BCUT2D eigenvalue weighted by Gasteiger charge is 2.36. The van der Waals surface area contributed by atoms with E-state index in [1.165, 1.54) is 24.5 Å². The fourth-order valence-corrected chi connectivity index (χ4v) is 3.31. The van der Waals surface area contributed by atoms with Gasteiger partial charge in [0.05, 0.1) is 11.3 Å². The first kappa shape index (κ1) is 14.1. The fraction of sp³-hybridized carbons (Fsp3) is 0.167. The lowest BCUT2D eigenvalue weighted by molar-refractivity contribution is -0.128. The number of nitrogens with zero attached hydrogens (tertiary/aromatic N) is 1. The van der Waals surface area contributed by atoms with E-state index in [0.29, 0.717) is 0 Å². The summed E-state index contributed by atoms with van der Waals surface area (Å²) in [5.74, 6) is -1.35. The van der Waals surface area contributed by atoms with E-state index in [2.05, 4.69) is 5.32 Å². The van der Waals surface area contributed by atoms with Crippen molar-refractivity contribution >= 4 is 21.8 Å². The third kappa shape index (κ3) is 2.64. The van der Waals surface area contributed by atoms with Crippen molar-refractivity contribution in [2.75, 3.05) is 0 Å². The van der Waals surface area contributed by atoms with Crippen molar-refractivity contribution in [2.45, 2.75) is 17.4 Å². The van der Waals surface area contributed by atoms with Crippen LogP contribution in [0.4, 0.5) is 0 Å². The molecule has 1 heterocycles. The smallest absolute Gasteiger partial charge is 0.264 e. The lowest BCUT2D eigenvalue weighted by Crippen LogP contribution is -2.50. The van der Waals surface area contributed by atoms with Gasteiger partial charge in [-0.25, -0.2) is 8.42 Å². The number of nitrogens with two attached hydrogens (primary N) is 1. The van der Waals surface area contributed by atoms with Crippen molar-refractivity contribution in [1.82, 2.24) is 9.62 Å². The molecule has 1 aromatic carbocycles. The average Bonchev–Trinajstić information content (AvgIpc) is 2.41. The second-order valence-corrected chi connectivity index (χ2v) is 6.00. The Morgan fingerprint density at radius 1 is 1.30 bits per heavy atom. The molecule has 0 aromatic heterocycles. The first-order chi connectivity index (χ1) is 9.43. The molecule has 106 valence electrons. The van der Waals surface area contributed by atoms with Crippen molar-refractivity contribution in [1.29, 1.82) is 0 Å². The van der Waals surface area contributed by atoms with Gasteiger partial charge in [-0.15, -0.1) is 0 Å². The van der Waals surface area contributed by atoms with E-state index in [1.54, 1.807) is 18.2 Å². The van der Waals surface area contributed by atoms with E-state index in [1.807, 2.05) is 0 Å². The minimum absolute atomic E-state index is 0.0359. The Balaban J connectivity index is 2.43. The van der Waals surface area contributed by atoms with Gasteiger partial charge in [0.2, 0.25) is 11.8 Å². The van der Waals surface area contributed by atoms with Crippen LogP contribution in [0.2, 0.25) is 0 Å². The van der Waals surface area contributed by atoms with Gasteiger partial charge in [-0.2, -0.15) is 0 Å². The molecule has 2 rings (SSSR count). The SMILES string of the molecule is NC(=O)C[C@@H]1C(=O)NC=CN1S(=O)(=O)c1ccccc1. The highest BCUT2D eigenvalue weighted by atomic mass is 32.2. The molecule has 1 atom stereocenters. The van der Waals surface area contributed by atoms with E-state index in [4.69, 9.17) is 5.73 Å². The van der Waals surface area contributed by atoms with Gasteiger partial charge >= 0.3 is 0 Å². The van der Waals surface area contributed by atoms with Crippen LogP contribution in [0, 0.1) is 0 Å². The van der Waals surface area contributed by atoms with Gasteiger partial charge in [0.1, 0.15) is 6.04 Å². The summed E-state index contributed by atoms with van der Waals surface area (Å²) < 4.78 is 25.8. The number of amides is 2. The van der Waals surface area contributed by atoms with Crippen LogP contribution in [0.5, 0.6) is 0 Å². The van der Waals surface area contributed by atoms with Gasteiger partial charge < -0.3 is 11.1 Å². The molecule has 2 amide bonds. The molecule has 0 radical (unpaired) electrons. The monoisotopic (exact) mass is 295 g/mol. The Kier molecular flexibility index (Phi) is 3.75. The second kappa shape index (κ2) is 5.33. The number of primary amides is 1. The van der Waals surface area contributed by atoms with Gasteiger partial charge in [-0.1, -0.05) is 18.2 Å². The van der Waals surface area contributed by atoms with Crippen molar-refractivity contribution in [3.63, 3.8) is 0 Å². The predicted molar refractivity (Wildman–Crippen MR) is 70.3 cm³/mol. The highest BCUT2D eigenvalue weighted by Crippen LogP contribution is 2.21. The zero-order valence-corrected chi connectivity index (χ0v) is 11.2. The van der Waals surface area contributed by atoms with Crippen LogP contribution in [0.3, 0.4) is 0 Å². The van der Waals surface area contributed by atoms with Crippen LogP contribution in [-0.2, 0) is 19.6 Å². The maximum absolute atomic E-state index is 12.5. The summed E-state index contributed by atoms with van der Waals surface area (Å²) in [6.07, 6.45) is 2.03. The Morgan fingerprint density at radius 2 is 1.95 bits per heavy atom. The molecular weight excluding hydrogens is 282 g/mol. The lowest BCUT2D eigenvalue weighted by atomic mass is 10.2. The molecule has 8 heteroatoms. The van der Waals surface area contributed by atoms with Crippen LogP contribution in [-0.4, -0.2) is 30.6 Å². The number of nitrogens with one attached hydrogen (secondary N) is 1. The summed E-state index contributed by atoms with van der Waals surface area (Å²) >= 11 is 0. The standard InChI is InChI=1S/C12H13N3O4S/c13-11(16)8-10-12(17)14-6-7-15(10)20(18,19)9-4-2-1-3-5-9/h1-7,10H,8H2,(H2,13,16)(H,14,17)/t10-/m1/s1. The quantitative estimate of drug-likeness (QED) is 0.782. The molecule has 0 bridgehead atoms. The number of sulfonamides is 1. The van der Waals surface area contributed by atoms with Crippen molar-refractivity contribution in [3.05, 3.63) is 42.7 Å². The molecule has 0 saturated heterocycles. The summed E-state index contributed by atoms with van der Waals surface area (Å²) in [7, 11) is -3.91. The number of hydrogen-bond donors (Lipinski definition) is 2. The van der Waals surface area contributed by atoms with Gasteiger partial charge in [-0.3, -0.25) is 13.9 Å². The van der Waals surface area contributed by atoms with Crippen molar-refractivity contribution < 1.29 is 18.0 Å². The molecule has 7 nitrogen and oxygen atoms in total. The van der Waals surface area contributed by atoms with E-state index < -0.39 is 27.9 Å². The number of benzene rings is 1. The zero-order valence-electron chi connectivity index (χ0n) is 10.4. The number of carbonyl (C=O) groups is 2. The Bertz CT molecular complexity index is 655. The molecule has 3 N–H and O–H groups in total. The van der Waals surface area contributed by atoms with E-state index in [0.717, 1.165) is 4.31 Å². The van der Waals surface area contributed by atoms with E-state index >= 15 is 0 Å². The Morgan fingerprint density at radius 3 is 2.55 bits per heavy atom.